The molecule has 1 aromatic heterocycles. The molecule has 2 rings (SSSR count). The lowest BCUT2D eigenvalue weighted by Gasteiger charge is -2.27. The van der Waals surface area contributed by atoms with Gasteiger partial charge in [0.25, 0.3) is 0 Å². The van der Waals surface area contributed by atoms with Gasteiger partial charge < -0.3 is 0 Å². The van der Waals surface area contributed by atoms with Crippen LogP contribution in [0.3, 0.4) is 0 Å². The quantitative estimate of drug-likeness (QED) is 0.684. The highest BCUT2D eigenvalue weighted by Crippen LogP contribution is 2.36. The van der Waals surface area contributed by atoms with Gasteiger partial charge in [-0.1, -0.05) is 34.8 Å². The van der Waals surface area contributed by atoms with Crippen LogP contribution in [0.15, 0.2) is 24.5 Å². The van der Waals surface area contributed by atoms with Crippen molar-refractivity contribution in [2.75, 3.05) is 0 Å². The third kappa shape index (κ3) is 2.11. The van der Waals surface area contributed by atoms with E-state index < -0.39 is 0 Å². The van der Waals surface area contributed by atoms with E-state index in [2.05, 4.69) is 27.0 Å². The van der Waals surface area contributed by atoms with Gasteiger partial charge >= 0.3 is 0 Å². The topological polar surface area (TPSA) is 12.9 Å². The molecule has 0 N–H and O–H groups in total. The van der Waals surface area contributed by atoms with Crippen LogP contribution in [-0.2, 0) is 0 Å². The first kappa shape index (κ1) is 9.20. The molecule has 0 bridgehead atoms. The van der Waals surface area contributed by atoms with Crippen LogP contribution in [0.25, 0.3) is 0 Å². The second kappa shape index (κ2) is 4.23. The minimum Gasteiger partial charge on any atom is -0.264 e. The third-order valence-corrected chi connectivity index (χ3v) is 3.89. The molecule has 1 saturated carbocycles. The van der Waals surface area contributed by atoms with E-state index in [0.717, 1.165) is 0 Å². The first-order valence-corrected chi connectivity index (χ1v) is 5.83. The van der Waals surface area contributed by atoms with Crippen LogP contribution in [0.2, 0.25) is 0 Å². The Bertz CT molecular complexity index is 260. The summed E-state index contributed by atoms with van der Waals surface area (Å²) >= 11 is 3.76. The number of nitrogens with zero attached hydrogens (tertiary/aromatic N) is 1. The van der Waals surface area contributed by atoms with Crippen LogP contribution in [0.1, 0.15) is 37.2 Å². The Morgan fingerprint density at radius 3 is 2.85 bits per heavy atom. The molecule has 0 saturated heterocycles. The van der Waals surface area contributed by atoms with Crippen LogP contribution in [-0.4, -0.2) is 9.81 Å². The third-order valence-electron chi connectivity index (χ3n) is 2.79. The minimum atomic E-state index is 0.658. The van der Waals surface area contributed by atoms with Gasteiger partial charge in [-0.05, 0) is 30.4 Å². The largest absolute Gasteiger partial charge is 0.264 e. The van der Waals surface area contributed by atoms with Gasteiger partial charge in [-0.15, -0.1) is 0 Å². The number of aromatic nitrogens is 1. The number of pyridine rings is 1. The zero-order chi connectivity index (χ0) is 9.10. The van der Waals surface area contributed by atoms with Crippen molar-refractivity contribution in [3.63, 3.8) is 0 Å². The van der Waals surface area contributed by atoms with Crippen LogP contribution < -0.4 is 0 Å². The monoisotopic (exact) mass is 239 g/mol. The lowest BCUT2D eigenvalue weighted by Crippen LogP contribution is -2.17. The van der Waals surface area contributed by atoms with E-state index in [-0.39, 0.29) is 0 Å². The van der Waals surface area contributed by atoms with Crippen molar-refractivity contribution < 1.29 is 0 Å². The summed E-state index contributed by atoms with van der Waals surface area (Å²) in [6.07, 6.45) is 9.19. The van der Waals surface area contributed by atoms with Crippen molar-refractivity contribution in [3.05, 3.63) is 30.1 Å². The van der Waals surface area contributed by atoms with Crippen LogP contribution in [0, 0.1) is 0 Å². The molecule has 1 aliphatic carbocycles. The standard InChI is InChI=1S/C11H14BrN/c12-11-6-2-1-5-10(11)9-4-3-7-13-8-9/h3-4,7-8,10-11H,1-2,5-6H2. The molecule has 70 valence electrons. The second-order valence-corrected chi connectivity index (χ2v) is 4.87. The maximum absolute atomic E-state index is 4.17. The Hall–Kier alpha value is -0.370. The summed E-state index contributed by atoms with van der Waals surface area (Å²) in [5.74, 6) is 0.683. The molecule has 1 aromatic rings. The predicted molar refractivity (Wildman–Crippen MR) is 58.2 cm³/mol. The number of hydrogen-bond donors (Lipinski definition) is 0. The molecule has 0 amide bonds. The average Bonchev–Trinajstić information content (AvgIpc) is 2.20. The van der Waals surface area contributed by atoms with Gasteiger partial charge in [0.1, 0.15) is 0 Å². The van der Waals surface area contributed by atoms with Crippen molar-refractivity contribution in [2.24, 2.45) is 0 Å². The van der Waals surface area contributed by atoms with Crippen molar-refractivity contribution in [1.29, 1.82) is 0 Å². The van der Waals surface area contributed by atoms with E-state index in [1.165, 1.54) is 31.2 Å². The second-order valence-electron chi connectivity index (χ2n) is 3.69. The zero-order valence-electron chi connectivity index (χ0n) is 7.62. The smallest absolute Gasteiger partial charge is 0.0303 e. The Balaban J connectivity index is 2.15. The Labute approximate surface area is 87.7 Å². The van der Waals surface area contributed by atoms with Crippen molar-refractivity contribution in [2.45, 2.75) is 36.4 Å². The lowest BCUT2D eigenvalue weighted by molar-refractivity contribution is 0.460. The summed E-state index contributed by atoms with van der Waals surface area (Å²) in [5, 5.41) is 0. The molecule has 0 aliphatic heterocycles. The van der Waals surface area contributed by atoms with Crippen molar-refractivity contribution in [1.82, 2.24) is 4.98 Å². The van der Waals surface area contributed by atoms with Crippen molar-refractivity contribution >= 4 is 15.9 Å². The summed E-state index contributed by atoms with van der Waals surface area (Å²) in [7, 11) is 0. The summed E-state index contributed by atoms with van der Waals surface area (Å²) in [6.45, 7) is 0. The molecule has 1 fully saturated rings. The number of alkyl halides is 1. The highest BCUT2D eigenvalue weighted by Gasteiger charge is 2.23. The van der Waals surface area contributed by atoms with E-state index in [1.807, 2.05) is 18.5 Å². The van der Waals surface area contributed by atoms with Gasteiger partial charge in [0.15, 0.2) is 0 Å². The van der Waals surface area contributed by atoms with Crippen LogP contribution in [0.5, 0.6) is 0 Å². The highest BCUT2D eigenvalue weighted by molar-refractivity contribution is 9.09. The molecule has 2 unspecified atom stereocenters. The first-order valence-electron chi connectivity index (χ1n) is 4.92. The molecule has 2 heteroatoms. The first-order chi connectivity index (χ1) is 6.38. The average molecular weight is 240 g/mol. The lowest BCUT2D eigenvalue weighted by atomic mass is 9.85. The summed E-state index contributed by atoms with van der Waals surface area (Å²) in [6, 6.07) is 4.22. The van der Waals surface area contributed by atoms with E-state index in [1.54, 1.807) is 0 Å². The maximum Gasteiger partial charge on any atom is 0.0303 e. The van der Waals surface area contributed by atoms with Crippen molar-refractivity contribution in [3.8, 4) is 0 Å². The molecule has 13 heavy (non-hydrogen) atoms. The molecular weight excluding hydrogens is 226 g/mol. The molecule has 1 heterocycles. The molecule has 1 aliphatic rings. The van der Waals surface area contributed by atoms with Crippen LogP contribution >= 0.6 is 15.9 Å². The van der Waals surface area contributed by atoms with Gasteiger partial charge in [0.05, 0.1) is 0 Å². The zero-order valence-corrected chi connectivity index (χ0v) is 9.20. The van der Waals surface area contributed by atoms with Gasteiger partial charge in [-0.2, -0.15) is 0 Å². The molecule has 0 radical (unpaired) electrons. The van der Waals surface area contributed by atoms with Gasteiger partial charge in [-0.3, -0.25) is 4.98 Å². The fraction of sp³-hybridized carbons (Fsp3) is 0.545. The summed E-state index contributed by atoms with van der Waals surface area (Å²) in [4.78, 5) is 4.83. The number of halogens is 1. The maximum atomic E-state index is 4.17. The van der Waals surface area contributed by atoms with E-state index in [0.29, 0.717) is 10.7 Å². The summed E-state index contributed by atoms with van der Waals surface area (Å²) in [5.41, 5.74) is 1.39. The predicted octanol–water partition coefficient (Wildman–Crippen LogP) is 3.50. The fourth-order valence-electron chi connectivity index (χ4n) is 2.06. The molecule has 2 atom stereocenters. The Morgan fingerprint density at radius 1 is 1.31 bits per heavy atom. The molecule has 1 nitrogen and oxygen atoms in total. The van der Waals surface area contributed by atoms with E-state index in [9.17, 15) is 0 Å². The minimum absolute atomic E-state index is 0.658. The summed E-state index contributed by atoms with van der Waals surface area (Å²) < 4.78 is 0. The number of hydrogen-bond acceptors (Lipinski definition) is 1. The van der Waals surface area contributed by atoms with Crippen LogP contribution in [0.4, 0.5) is 0 Å². The Kier molecular flexibility index (Phi) is 2.99. The molecular formula is C11H14BrN. The fourth-order valence-corrected chi connectivity index (χ4v) is 2.95. The molecule has 0 aromatic carbocycles. The van der Waals surface area contributed by atoms with E-state index >= 15 is 0 Å². The SMILES string of the molecule is BrC1CCCCC1c1cccnc1. The highest BCUT2D eigenvalue weighted by atomic mass is 79.9. The molecule has 0 spiro atoms. The van der Waals surface area contributed by atoms with Gasteiger partial charge in [0, 0.05) is 17.2 Å². The Morgan fingerprint density at radius 2 is 2.15 bits per heavy atom. The normalized spacial score (nSPS) is 28.7. The van der Waals surface area contributed by atoms with Gasteiger partial charge in [0.2, 0.25) is 0 Å². The van der Waals surface area contributed by atoms with Gasteiger partial charge in [-0.25, -0.2) is 0 Å². The number of rotatable bonds is 1. The van der Waals surface area contributed by atoms with E-state index in [4.69, 9.17) is 0 Å².